The van der Waals surface area contributed by atoms with Gasteiger partial charge in [-0.15, -0.1) is 0 Å². The molecule has 0 aromatic carbocycles. The van der Waals surface area contributed by atoms with Gasteiger partial charge < -0.3 is 5.32 Å². The van der Waals surface area contributed by atoms with Crippen molar-refractivity contribution in [2.75, 3.05) is 18.1 Å². The van der Waals surface area contributed by atoms with Crippen LogP contribution in [0.25, 0.3) is 0 Å². The Morgan fingerprint density at radius 2 is 1.89 bits per heavy atom. The lowest BCUT2D eigenvalue weighted by atomic mass is 10.2. The Morgan fingerprint density at radius 1 is 1.28 bits per heavy atom. The predicted octanol–water partition coefficient (Wildman–Crippen LogP) is 1.88. The lowest BCUT2D eigenvalue weighted by Crippen LogP contribution is -2.15. The van der Waals surface area contributed by atoms with Crippen molar-refractivity contribution < 1.29 is 8.42 Å². The maximum Gasteiger partial charge on any atom is 0.157 e. The van der Waals surface area contributed by atoms with Crippen LogP contribution in [0.2, 0.25) is 0 Å². The number of nitrogens with one attached hydrogen (secondary N) is 1. The van der Waals surface area contributed by atoms with E-state index in [1.54, 1.807) is 6.92 Å². The van der Waals surface area contributed by atoms with E-state index in [0.717, 1.165) is 30.0 Å². The van der Waals surface area contributed by atoms with Crippen LogP contribution in [0.4, 0.5) is 5.82 Å². The van der Waals surface area contributed by atoms with Crippen LogP contribution in [0.5, 0.6) is 0 Å². The van der Waals surface area contributed by atoms with Gasteiger partial charge >= 0.3 is 0 Å². The van der Waals surface area contributed by atoms with Crippen LogP contribution in [0.1, 0.15) is 43.1 Å². The number of aryl methyl sites for hydroxylation is 1. The molecule has 0 aliphatic carbocycles. The van der Waals surface area contributed by atoms with Crippen molar-refractivity contribution in [3.05, 3.63) is 17.1 Å². The lowest BCUT2D eigenvalue weighted by molar-refractivity contribution is 0.588. The standard InChI is InChI=1S/C12H21N3O2S/c1-6-10-8(3)11(13-7-2)15-12(14-10)9(4)18(5,16)17/h9H,6-7H2,1-5H3,(H,13,14,15). The van der Waals surface area contributed by atoms with Crippen molar-refractivity contribution in [1.29, 1.82) is 0 Å². The molecule has 0 spiro atoms. The summed E-state index contributed by atoms with van der Waals surface area (Å²) in [6.45, 7) is 8.29. The maximum absolute atomic E-state index is 11.6. The molecule has 1 rings (SSSR count). The van der Waals surface area contributed by atoms with E-state index in [1.807, 2.05) is 20.8 Å². The van der Waals surface area contributed by atoms with Crippen LogP contribution >= 0.6 is 0 Å². The van der Waals surface area contributed by atoms with Crippen molar-refractivity contribution in [3.8, 4) is 0 Å². The minimum atomic E-state index is -3.18. The van der Waals surface area contributed by atoms with E-state index >= 15 is 0 Å². The molecule has 1 aromatic rings. The van der Waals surface area contributed by atoms with Crippen LogP contribution in [0.15, 0.2) is 0 Å². The van der Waals surface area contributed by atoms with Gasteiger partial charge in [0, 0.05) is 24.1 Å². The Morgan fingerprint density at radius 3 is 2.33 bits per heavy atom. The van der Waals surface area contributed by atoms with Gasteiger partial charge in [-0.25, -0.2) is 18.4 Å². The minimum absolute atomic E-state index is 0.371. The summed E-state index contributed by atoms with van der Waals surface area (Å²) in [4.78, 5) is 8.71. The Balaban J connectivity index is 3.34. The minimum Gasteiger partial charge on any atom is -0.370 e. The van der Waals surface area contributed by atoms with Gasteiger partial charge in [0.15, 0.2) is 9.84 Å². The number of hydrogen-bond donors (Lipinski definition) is 1. The van der Waals surface area contributed by atoms with Crippen LogP contribution in [-0.4, -0.2) is 31.2 Å². The highest BCUT2D eigenvalue weighted by Crippen LogP contribution is 2.23. The van der Waals surface area contributed by atoms with E-state index in [0.29, 0.717) is 5.82 Å². The van der Waals surface area contributed by atoms with Gasteiger partial charge in [0.25, 0.3) is 0 Å². The molecule has 0 saturated carbocycles. The molecule has 102 valence electrons. The molecular formula is C12H21N3O2S. The van der Waals surface area contributed by atoms with Gasteiger partial charge in [0.2, 0.25) is 0 Å². The highest BCUT2D eigenvalue weighted by molar-refractivity contribution is 7.90. The average molecular weight is 271 g/mol. The number of aromatic nitrogens is 2. The fraction of sp³-hybridized carbons (Fsp3) is 0.667. The molecular weight excluding hydrogens is 250 g/mol. The van der Waals surface area contributed by atoms with Crippen molar-refractivity contribution in [1.82, 2.24) is 9.97 Å². The van der Waals surface area contributed by atoms with Crippen molar-refractivity contribution in [3.63, 3.8) is 0 Å². The van der Waals surface area contributed by atoms with Crippen LogP contribution in [0.3, 0.4) is 0 Å². The van der Waals surface area contributed by atoms with E-state index in [-0.39, 0.29) is 0 Å². The second kappa shape index (κ2) is 5.65. The molecule has 18 heavy (non-hydrogen) atoms. The van der Waals surface area contributed by atoms with Gasteiger partial charge in [-0.2, -0.15) is 0 Å². The number of rotatable bonds is 5. The zero-order valence-electron chi connectivity index (χ0n) is 11.6. The first-order chi connectivity index (χ1) is 8.31. The van der Waals surface area contributed by atoms with Crippen molar-refractivity contribution in [2.45, 2.75) is 39.4 Å². The predicted molar refractivity (Wildman–Crippen MR) is 73.6 cm³/mol. The Bertz CT molecular complexity index is 526. The molecule has 0 fully saturated rings. The van der Waals surface area contributed by atoms with E-state index in [9.17, 15) is 8.42 Å². The second-order valence-electron chi connectivity index (χ2n) is 4.36. The molecule has 0 radical (unpaired) electrons. The van der Waals surface area contributed by atoms with Crippen LogP contribution in [0, 0.1) is 6.92 Å². The zero-order chi connectivity index (χ0) is 13.9. The molecule has 0 saturated heterocycles. The lowest BCUT2D eigenvalue weighted by Gasteiger charge is -2.15. The van der Waals surface area contributed by atoms with Gasteiger partial charge in [-0.1, -0.05) is 6.92 Å². The number of hydrogen-bond acceptors (Lipinski definition) is 5. The number of sulfone groups is 1. The van der Waals surface area contributed by atoms with Crippen LogP contribution < -0.4 is 5.32 Å². The number of anilines is 1. The van der Waals surface area contributed by atoms with Crippen molar-refractivity contribution >= 4 is 15.7 Å². The number of nitrogens with zero attached hydrogens (tertiary/aromatic N) is 2. The summed E-state index contributed by atoms with van der Waals surface area (Å²) in [5, 5.41) is 2.47. The maximum atomic E-state index is 11.6. The molecule has 5 nitrogen and oxygen atoms in total. The first-order valence-corrected chi connectivity index (χ1v) is 8.06. The molecule has 1 aromatic heterocycles. The smallest absolute Gasteiger partial charge is 0.157 e. The summed E-state index contributed by atoms with van der Waals surface area (Å²) < 4.78 is 23.2. The molecule has 0 aliphatic rings. The third-order valence-electron chi connectivity index (χ3n) is 2.95. The monoisotopic (exact) mass is 271 g/mol. The third kappa shape index (κ3) is 3.19. The Hall–Kier alpha value is -1.17. The molecule has 0 amide bonds. The first kappa shape index (κ1) is 14.9. The SMILES string of the molecule is CCNc1nc(C(C)S(C)(=O)=O)nc(CC)c1C. The molecule has 6 heteroatoms. The molecule has 0 aliphatic heterocycles. The topological polar surface area (TPSA) is 72.0 Å². The Kier molecular flexibility index (Phi) is 4.67. The largest absolute Gasteiger partial charge is 0.370 e. The highest BCUT2D eigenvalue weighted by atomic mass is 32.2. The summed E-state index contributed by atoms with van der Waals surface area (Å²) >= 11 is 0. The molecule has 1 unspecified atom stereocenters. The van der Waals surface area contributed by atoms with Gasteiger partial charge in [-0.3, -0.25) is 0 Å². The molecule has 0 bridgehead atoms. The summed E-state index contributed by atoms with van der Waals surface area (Å²) in [5.41, 5.74) is 1.88. The van der Waals surface area contributed by atoms with Crippen molar-refractivity contribution in [2.24, 2.45) is 0 Å². The van der Waals surface area contributed by atoms with E-state index in [2.05, 4.69) is 15.3 Å². The molecule has 1 atom stereocenters. The summed E-state index contributed by atoms with van der Waals surface area (Å²) in [7, 11) is -3.18. The third-order valence-corrected chi connectivity index (χ3v) is 4.44. The average Bonchev–Trinajstić information content (AvgIpc) is 2.30. The fourth-order valence-corrected chi connectivity index (χ4v) is 2.13. The zero-order valence-corrected chi connectivity index (χ0v) is 12.4. The van der Waals surface area contributed by atoms with E-state index < -0.39 is 15.1 Å². The molecule has 1 N–H and O–H groups in total. The van der Waals surface area contributed by atoms with Gasteiger partial charge in [-0.05, 0) is 27.2 Å². The first-order valence-electron chi connectivity index (χ1n) is 6.11. The summed E-state index contributed by atoms with van der Waals surface area (Å²) in [6, 6.07) is 0. The van der Waals surface area contributed by atoms with Crippen LogP contribution in [-0.2, 0) is 16.3 Å². The van der Waals surface area contributed by atoms with E-state index in [1.165, 1.54) is 6.26 Å². The highest BCUT2D eigenvalue weighted by Gasteiger charge is 2.22. The van der Waals surface area contributed by atoms with Gasteiger partial charge in [0.1, 0.15) is 16.9 Å². The van der Waals surface area contributed by atoms with Gasteiger partial charge in [0.05, 0.1) is 0 Å². The van der Waals surface area contributed by atoms with E-state index in [4.69, 9.17) is 0 Å². The Labute approximate surface area is 109 Å². The summed E-state index contributed by atoms with van der Waals surface area (Å²) in [6.07, 6.45) is 1.97. The fourth-order valence-electron chi connectivity index (χ4n) is 1.64. The summed E-state index contributed by atoms with van der Waals surface area (Å²) in [5.74, 6) is 1.10. The quantitative estimate of drug-likeness (QED) is 0.885. The second-order valence-corrected chi connectivity index (χ2v) is 6.72. The molecule has 1 heterocycles. The normalized spacial score (nSPS) is 13.4.